The number of hydrogen-bond donors (Lipinski definition) is 3. The van der Waals surface area contributed by atoms with Gasteiger partial charge in [-0.1, -0.05) is 6.07 Å². The fraction of sp³-hybridized carbons (Fsp3) is 0.222. The first-order chi connectivity index (χ1) is 6.25. The van der Waals surface area contributed by atoms with Gasteiger partial charge in [-0.3, -0.25) is 4.99 Å². The summed E-state index contributed by atoms with van der Waals surface area (Å²) in [6, 6.07) is 4.62. The maximum Gasteiger partial charge on any atom is 0.166 e. The second-order valence-electron chi connectivity index (χ2n) is 2.47. The second kappa shape index (κ2) is 4.47. The molecule has 1 aromatic carbocycles. The minimum Gasteiger partial charge on any atom is -0.504 e. The number of aliphatic imine (C=N–C) groups is 1. The molecule has 0 heterocycles. The highest BCUT2D eigenvalue weighted by Gasteiger charge is 2.01. The maximum absolute atomic E-state index is 9.29. The molecule has 0 bridgehead atoms. The number of aliphatic hydroxyl groups excluding tert-OH is 1. The Kier molecular flexibility index (Phi) is 3.28. The van der Waals surface area contributed by atoms with Crippen molar-refractivity contribution >= 4 is 6.21 Å². The lowest BCUT2D eigenvalue weighted by Gasteiger charge is -1.99. The Labute approximate surface area is 75.8 Å². The minimum absolute atomic E-state index is 0.0317. The van der Waals surface area contributed by atoms with E-state index >= 15 is 0 Å². The highest BCUT2D eigenvalue weighted by molar-refractivity contribution is 5.84. The Morgan fingerprint density at radius 3 is 2.77 bits per heavy atom. The van der Waals surface area contributed by atoms with E-state index in [9.17, 15) is 5.11 Å². The Morgan fingerprint density at radius 2 is 2.08 bits per heavy atom. The van der Waals surface area contributed by atoms with Crippen molar-refractivity contribution in [2.75, 3.05) is 13.2 Å². The molecule has 0 aliphatic heterocycles. The molecule has 0 aromatic heterocycles. The quantitative estimate of drug-likeness (QED) is 0.470. The number of hydrogen-bond acceptors (Lipinski definition) is 4. The van der Waals surface area contributed by atoms with Crippen LogP contribution in [0.2, 0.25) is 0 Å². The van der Waals surface area contributed by atoms with Gasteiger partial charge in [0.2, 0.25) is 0 Å². The van der Waals surface area contributed by atoms with E-state index in [-0.39, 0.29) is 24.7 Å². The topological polar surface area (TPSA) is 73.1 Å². The van der Waals surface area contributed by atoms with Crippen molar-refractivity contribution < 1.29 is 15.3 Å². The summed E-state index contributed by atoms with van der Waals surface area (Å²) in [6.45, 7) is 0.255. The van der Waals surface area contributed by atoms with Gasteiger partial charge in [-0.05, 0) is 12.1 Å². The molecule has 0 saturated heterocycles. The van der Waals surface area contributed by atoms with Crippen LogP contribution in [0, 0.1) is 0 Å². The van der Waals surface area contributed by atoms with E-state index in [0.717, 1.165) is 0 Å². The number of benzene rings is 1. The number of para-hydroxylation sites is 1. The van der Waals surface area contributed by atoms with Crippen LogP contribution < -0.4 is 0 Å². The van der Waals surface area contributed by atoms with Crippen molar-refractivity contribution in [3.63, 3.8) is 0 Å². The molecule has 1 rings (SSSR count). The Morgan fingerprint density at radius 1 is 1.31 bits per heavy atom. The summed E-state index contributed by atoms with van der Waals surface area (Å²) in [5.74, 6) is -0.364. The molecule has 0 fully saturated rings. The number of phenols is 2. The summed E-state index contributed by atoms with van der Waals surface area (Å²) in [6.07, 6.45) is 1.41. The van der Waals surface area contributed by atoms with Gasteiger partial charge in [0.05, 0.1) is 13.2 Å². The molecule has 0 atom stereocenters. The Bertz CT molecular complexity index is 310. The van der Waals surface area contributed by atoms with E-state index in [4.69, 9.17) is 10.2 Å². The van der Waals surface area contributed by atoms with Crippen LogP contribution in [0.3, 0.4) is 0 Å². The summed E-state index contributed by atoms with van der Waals surface area (Å²) < 4.78 is 0. The normalized spacial score (nSPS) is 10.8. The highest BCUT2D eigenvalue weighted by atomic mass is 16.3. The number of aromatic hydroxyl groups is 2. The molecule has 0 unspecified atom stereocenters. The van der Waals surface area contributed by atoms with Gasteiger partial charge in [-0.15, -0.1) is 0 Å². The predicted molar refractivity (Wildman–Crippen MR) is 49.3 cm³/mol. The van der Waals surface area contributed by atoms with E-state index in [1.165, 1.54) is 12.3 Å². The lowest BCUT2D eigenvalue weighted by Crippen LogP contribution is -1.89. The van der Waals surface area contributed by atoms with Gasteiger partial charge in [0.25, 0.3) is 0 Å². The van der Waals surface area contributed by atoms with E-state index < -0.39 is 0 Å². The molecule has 70 valence electrons. The first-order valence-corrected chi connectivity index (χ1v) is 3.87. The first-order valence-electron chi connectivity index (χ1n) is 3.87. The third kappa shape index (κ3) is 2.45. The SMILES string of the molecule is OCCN=Cc1cccc(O)c1O. The molecule has 0 aliphatic carbocycles. The molecule has 0 radical (unpaired) electrons. The summed E-state index contributed by atoms with van der Waals surface area (Å²) in [5, 5.41) is 26.8. The third-order valence-corrected chi connectivity index (χ3v) is 1.51. The summed E-state index contributed by atoms with van der Waals surface area (Å²) in [5.41, 5.74) is 0.438. The summed E-state index contributed by atoms with van der Waals surface area (Å²) in [7, 11) is 0. The van der Waals surface area contributed by atoms with Gasteiger partial charge in [0, 0.05) is 11.8 Å². The lowest BCUT2D eigenvalue weighted by atomic mass is 10.2. The smallest absolute Gasteiger partial charge is 0.166 e. The van der Waals surface area contributed by atoms with Crippen LogP contribution in [0.25, 0.3) is 0 Å². The molecule has 4 nitrogen and oxygen atoms in total. The molecular formula is C9H11NO3. The van der Waals surface area contributed by atoms with E-state index in [2.05, 4.69) is 4.99 Å². The van der Waals surface area contributed by atoms with Crippen molar-refractivity contribution in [2.45, 2.75) is 0 Å². The van der Waals surface area contributed by atoms with E-state index in [1.54, 1.807) is 12.1 Å². The zero-order valence-electron chi connectivity index (χ0n) is 7.01. The van der Waals surface area contributed by atoms with Crippen LogP contribution in [-0.2, 0) is 0 Å². The van der Waals surface area contributed by atoms with Gasteiger partial charge < -0.3 is 15.3 Å². The van der Waals surface area contributed by atoms with Crippen molar-refractivity contribution in [3.05, 3.63) is 23.8 Å². The maximum atomic E-state index is 9.29. The van der Waals surface area contributed by atoms with Gasteiger partial charge >= 0.3 is 0 Å². The molecule has 0 spiro atoms. The summed E-state index contributed by atoms with van der Waals surface area (Å²) >= 11 is 0. The number of rotatable bonds is 3. The zero-order chi connectivity index (χ0) is 9.68. The molecule has 4 heteroatoms. The van der Waals surface area contributed by atoms with E-state index in [1.807, 2.05) is 0 Å². The third-order valence-electron chi connectivity index (χ3n) is 1.51. The van der Waals surface area contributed by atoms with E-state index in [0.29, 0.717) is 5.56 Å². The van der Waals surface area contributed by atoms with Crippen LogP contribution in [0.1, 0.15) is 5.56 Å². The monoisotopic (exact) mass is 181 g/mol. The Balaban J connectivity index is 2.83. The first kappa shape index (κ1) is 9.54. The summed E-state index contributed by atoms with van der Waals surface area (Å²) in [4.78, 5) is 3.82. The number of phenolic OH excluding ortho intramolecular Hbond substituents is 2. The fourth-order valence-corrected chi connectivity index (χ4v) is 0.873. The fourth-order valence-electron chi connectivity index (χ4n) is 0.873. The zero-order valence-corrected chi connectivity index (χ0v) is 7.01. The van der Waals surface area contributed by atoms with Crippen molar-refractivity contribution in [3.8, 4) is 11.5 Å². The standard InChI is InChI=1S/C9H11NO3/c11-5-4-10-6-7-2-1-3-8(12)9(7)13/h1-3,6,11-13H,4-5H2. The largest absolute Gasteiger partial charge is 0.504 e. The average molecular weight is 181 g/mol. The highest BCUT2D eigenvalue weighted by Crippen LogP contribution is 2.26. The molecular weight excluding hydrogens is 170 g/mol. The van der Waals surface area contributed by atoms with Crippen LogP contribution in [0.15, 0.2) is 23.2 Å². The number of nitrogens with zero attached hydrogens (tertiary/aromatic N) is 1. The minimum atomic E-state index is -0.191. The average Bonchev–Trinajstić information content (AvgIpc) is 2.13. The van der Waals surface area contributed by atoms with Crippen molar-refractivity contribution in [1.82, 2.24) is 0 Å². The molecule has 0 aliphatic rings. The van der Waals surface area contributed by atoms with Gasteiger partial charge in [0.15, 0.2) is 11.5 Å². The predicted octanol–water partition coefficient (Wildman–Crippen LogP) is 0.509. The van der Waals surface area contributed by atoms with Gasteiger partial charge in [0.1, 0.15) is 0 Å². The van der Waals surface area contributed by atoms with Crippen LogP contribution in [-0.4, -0.2) is 34.7 Å². The van der Waals surface area contributed by atoms with Crippen molar-refractivity contribution in [2.24, 2.45) is 4.99 Å². The lowest BCUT2D eigenvalue weighted by molar-refractivity contribution is 0.307. The van der Waals surface area contributed by atoms with Gasteiger partial charge in [-0.25, -0.2) is 0 Å². The number of aliphatic hydroxyl groups is 1. The second-order valence-corrected chi connectivity index (χ2v) is 2.47. The molecule has 0 amide bonds. The van der Waals surface area contributed by atoms with Crippen LogP contribution in [0.4, 0.5) is 0 Å². The van der Waals surface area contributed by atoms with Crippen LogP contribution in [0.5, 0.6) is 11.5 Å². The molecule has 1 aromatic rings. The van der Waals surface area contributed by atoms with Crippen LogP contribution >= 0.6 is 0 Å². The molecule has 13 heavy (non-hydrogen) atoms. The molecule has 0 saturated carbocycles. The molecule has 3 N–H and O–H groups in total. The van der Waals surface area contributed by atoms with Crippen molar-refractivity contribution in [1.29, 1.82) is 0 Å². The Hall–Kier alpha value is -1.55. The van der Waals surface area contributed by atoms with Gasteiger partial charge in [-0.2, -0.15) is 0 Å².